The molecular formula is C26H34N2O4. The zero-order valence-corrected chi connectivity index (χ0v) is 18.9. The molecule has 1 aliphatic carbocycles. The Morgan fingerprint density at radius 2 is 2.06 bits per heavy atom. The lowest BCUT2D eigenvalue weighted by Gasteiger charge is -2.23. The van der Waals surface area contributed by atoms with E-state index in [0.29, 0.717) is 11.5 Å². The van der Waals surface area contributed by atoms with Crippen LogP contribution in [0.25, 0.3) is 22.2 Å². The van der Waals surface area contributed by atoms with Gasteiger partial charge in [-0.25, -0.2) is 4.79 Å². The highest BCUT2D eigenvalue weighted by Crippen LogP contribution is 2.44. The van der Waals surface area contributed by atoms with Crippen molar-refractivity contribution in [2.75, 3.05) is 26.3 Å². The third kappa shape index (κ3) is 4.92. The number of rotatable bonds is 11. The predicted molar refractivity (Wildman–Crippen MR) is 126 cm³/mol. The molecule has 32 heavy (non-hydrogen) atoms. The molecule has 0 radical (unpaired) electrons. The Labute approximate surface area is 189 Å². The van der Waals surface area contributed by atoms with Crippen molar-refractivity contribution in [2.24, 2.45) is 0 Å². The Morgan fingerprint density at radius 3 is 2.78 bits per heavy atom. The van der Waals surface area contributed by atoms with Crippen LogP contribution in [0.4, 0.5) is 0 Å². The summed E-state index contributed by atoms with van der Waals surface area (Å²) in [6, 6.07) is 7.61. The summed E-state index contributed by atoms with van der Waals surface area (Å²) in [6.45, 7) is 6.00. The van der Waals surface area contributed by atoms with Gasteiger partial charge in [-0.1, -0.05) is 25.3 Å². The molecule has 2 N–H and O–H groups in total. The number of furan rings is 1. The summed E-state index contributed by atoms with van der Waals surface area (Å²) >= 11 is 0. The van der Waals surface area contributed by atoms with E-state index in [1.807, 2.05) is 31.4 Å². The van der Waals surface area contributed by atoms with E-state index in [1.54, 1.807) is 12.3 Å². The van der Waals surface area contributed by atoms with E-state index in [0.717, 1.165) is 50.3 Å². The summed E-state index contributed by atoms with van der Waals surface area (Å²) in [5.74, 6) is -0.398. The number of carboxylic acid groups (broad SMARTS) is 1. The van der Waals surface area contributed by atoms with Crippen molar-refractivity contribution in [1.29, 1.82) is 0 Å². The maximum Gasteiger partial charge on any atom is 0.335 e. The van der Waals surface area contributed by atoms with Crippen molar-refractivity contribution in [3.05, 3.63) is 47.9 Å². The maximum absolute atomic E-state index is 11.7. The van der Waals surface area contributed by atoms with Gasteiger partial charge < -0.3 is 24.1 Å². The second-order valence-corrected chi connectivity index (χ2v) is 8.60. The van der Waals surface area contributed by atoms with Gasteiger partial charge in [-0.3, -0.25) is 0 Å². The summed E-state index contributed by atoms with van der Waals surface area (Å²) in [5.41, 5.74) is 4.93. The first kappa shape index (κ1) is 22.6. The number of ether oxygens (including phenoxy) is 1. The molecule has 2 heterocycles. The lowest BCUT2D eigenvalue weighted by atomic mass is 9.82. The monoisotopic (exact) mass is 438 g/mol. The first-order valence-corrected chi connectivity index (χ1v) is 11.9. The summed E-state index contributed by atoms with van der Waals surface area (Å²) in [5, 5.41) is 14.3. The van der Waals surface area contributed by atoms with Crippen molar-refractivity contribution in [3.63, 3.8) is 0 Å². The number of carbonyl (C=O) groups is 1. The lowest BCUT2D eigenvalue weighted by Crippen LogP contribution is -2.22. The van der Waals surface area contributed by atoms with Crippen LogP contribution in [-0.2, 0) is 11.3 Å². The Hall–Kier alpha value is -2.57. The highest BCUT2D eigenvalue weighted by atomic mass is 16.5. The fourth-order valence-corrected chi connectivity index (χ4v) is 5.02. The predicted octanol–water partition coefficient (Wildman–Crippen LogP) is 5.66. The van der Waals surface area contributed by atoms with Crippen molar-refractivity contribution in [2.45, 2.75) is 57.9 Å². The van der Waals surface area contributed by atoms with E-state index in [2.05, 4.69) is 9.88 Å². The van der Waals surface area contributed by atoms with Crippen LogP contribution in [-0.4, -0.2) is 41.9 Å². The van der Waals surface area contributed by atoms with E-state index in [4.69, 9.17) is 9.15 Å². The van der Waals surface area contributed by atoms with Gasteiger partial charge in [0.2, 0.25) is 0 Å². The molecule has 0 spiro atoms. The molecule has 6 nitrogen and oxygen atoms in total. The minimum absolute atomic E-state index is 0.329. The lowest BCUT2D eigenvalue weighted by molar-refractivity contribution is 0.0697. The minimum atomic E-state index is -0.891. The molecule has 0 unspecified atom stereocenters. The van der Waals surface area contributed by atoms with Crippen LogP contribution < -0.4 is 5.32 Å². The molecular weight excluding hydrogens is 404 g/mol. The summed E-state index contributed by atoms with van der Waals surface area (Å²) < 4.78 is 13.2. The number of hydrogen-bond donors (Lipinski definition) is 2. The zero-order chi connectivity index (χ0) is 22.3. The molecule has 172 valence electrons. The van der Waals surface area contributed by atoms with Gasteiger partial charge in [0.25, 0.3) is 0 Å². The number of aromatic carboxylic acids is 1. The standard InChI is InChI=1S/C26H34N2O4/c1-2-31-15-6-12-27-13-14-28-23-17-20(26(29)30)9-10-22(23)24(19-7-4-3-5-8-19)25(28)21-11-16-32-18-21/h9-11,16-19,27H,2-8,12-15H2,1H3,(H,29,30). The summed E-state index contributed by atoms with van der Waals surface area (Å²) in [7, 11) is 0. The summed E-state index contributed by atoms with van der Waals surface area (Å²) in [4.78, 5) is 11.7. The third-order valence-electron chi connectivity index (χ3n) is 6.52. The molecule has 0 atom stereocenters. The molecule has 0 bridgehead atoms. The number of aromatic nitrogens is 1. The number of carboxylic acids is 1. The van der Waals surface area contributed by atoms with E-state index < -0.39 is 5.97 Å². The SMILES string of the molecule is CCOCCCNCCn1c(-c2ccoc2)c(C2CCCCC2)c2ccc(C(=O)O)cc21. The molecule has 3 aromatic rings. The average Bonchev–Trinajstić information content (AvgIpc) is 3.45. The first-order chi connectivity index (χ1) is 15.7. The number of nitrogens with one attached hydrogen (secondary N) is 1. The second-order valence-electron chi connectivity index (χ2n) is 8.60. The van der Waals surface area contributed by atoms with Gasteiger partial charge >= 0.3 is 5.97 Å². The molecule has 1 aromatic carbocycles. The van der Waals surface area contributed by atoms with Crippen molar-refractivity contribution < 1.29 is 19.1 Å². The van der Waals surface area contributed by atoms with E-state index >= 15 is 0 Å². The topological polar surface area (TPSA) is 76.6 Å². The fraction of sp³-hybridized carbons (Fsp3) is 0.500. The molecule has 4 rings (SSSR count). The van der Waals surface area contributed by atoms with Crippen LogP contribution in [0.3, 0.4) is 0 Å². The molecule has 0 aliphatic heterocycles. The Kier molecular flexibility index (Phi) is 7.66. The number of fused-ring (bicyclic) bond motifs is 1. The molecule has 1 aliphatic rings. The average molecular weight is 439 g/mol. The van der Waals surface area contributed by atoms with Crippen LogP contribution in [0.1, 0.15) is 67.3 Å². The highest BCUT2D eigenvalue weighted by Gasteiger charge is 2.27. The van der Waals surface area contributed by atoms with Crippen molar-refractivity contribution in [1.82, 2.24) is 9.88 Å². The van der Waals surface area contributed by atoms with Gasteiger partial charge in [0.05, 0.1) is 23.8 Å². The molecule has 6 heteroatoms. The summed E-state index contributed by atoms with van der Waals surface area (Å²) in [6.07, 6.45) is 10.7. The molecule has 0 saturated heterocycles. The first-order valence-electron chi connectivity index (χ1n) is 11.9. The quantitative estimate of drug-likeness (QED) is 0.378. The van der Waals surface area contributed by atoms with Crippen LogP contribution >= 0.6 is 0 Å². The zero-order valence-electron chi connectivity index (χ0n) is 18.9. The van der Waals surface area contributed by atoms with Gasteiger partial charge in [-0.05, 0) is 62.4 Å². The maximum atomic E-state index is 11.7. The molecule has 2 aromatic heterocycles. The Balaban J connectivity index is 1.72. The van der Waals surface area contributed by atoms with Gasteiger partial charge in [0.1, 0.15) is 0 Å². The third-order valence-corrected chi connectivity index (χ3v) is 6.52. The van der Waals surface area contributed by atoms with E-state index in [9.17, 15) is 9.90 Å². The van der Waals surface area contributed by atoms with Crippen LogP contribution in [0, 0.1) is 0 Å². The normalized spacial score (nSPS) is 14.9. The smallest absolute Gasteiger partial charge is 0.335 e. The van der Waals surface area contributed by atoms with Gasteiger partial charge in [-0.15, -0.1) is 0 Å². The van der Waals surface area contributed by atoms with Crippen LogP contribution in [0.2, 0.25) is 0 Å². The number of benzene rings is 1. The van der Waals surface area contributed by atoms with Crippen LogP contribution in [0.5, 0.6) is 0 Å². The van der Waals surface area contributed by atoms with Gasteiger partial charge in [0.15, 0.2) is 0 Å². The largest absolute Gasteiger partial charge is 0.478 e. The highest BCUT2D eigenvalue weighted by molar-refractivity contribution is 5.98. The van der Waals surface area contributed by atoms with Gasteiger partial charge in [-0.2, -0.15) is 0 Å². The van der Waals surface area contributed by atoms with Crippen molar-refractivity contribution >= 4 is 16.9 Å². The van der Waals surface area contributed by atoms with E-state index in [1.165, 1.54) is 48.7 Å². The molecule has 1 saturated carbocycles. The number of hydrogen-bond acceptors (Lipinski definition) is 4. The van der Waals surface area contributed by atoms with E-state index in [-0.39, 0.29) is 0 Å². The Bertz CT molecular complexity index is 1020. The van der Waals surface area contributed by atoms with Gasteiger partial charge in [0, 0.05) is 42.8 Å². The minimum Gasteiger partial charge on any atom is -0.478 e. The molecule has 1 fully saturated rings. The fourth-order valence-electron chi connectivity index (χ4n) is 5.02. The second kappa shape index (κ2) is 10.8. The Morgan fingerprint density at radius 1 is 1.22 bits per heavy atom. The van der Waals surface area contributed by atoms with Crippen molar-refractivity contribution in [3.8, 4) is 11.3 Å². The number of nitrogens with zero attached hydrogens (tertiary/aromatic N) is 1. The van der Waals surface area contributed by atoms with Crippen LogP contribution in [0.15, 0.2) is 41.2 Å². The molecule has 0 amide bonds.